The first kappa shape index (κ1) is 18.1. The fourth-order valence-corrected chi connectivity index (χ4v) is 3.28. The molecule has 3 rings (SSSR count). The summed E-state index contributed by atoms with van der Waals surface area (Å²) in [6, 6.07) is 5.46. The molecule has 26 heavy (non-hydrogen) atoms. The minimum absolute atomic E-state index is 0.136. The molecule has 1 aliphatic heterocycles. The van der Waals surface area contributed by atoms with E-state index >= 15 is 0 Å². The molecule has 0 radical (unpaired) electrons. The number of rotatable bonds is 5. The van der Waals surface area contributed by atoms with E-state index in [4.69, 9.17) is 9.84 Å². The quantitative estimate of drug-likeness (QED) is 0.881. The van der Waals surface area contributed by atoms with E-state index in [9.17, 15) is 14.0 Å². The van der Waals surface area contributed by atoms with Gasteiger partial charge in [0, 0.05) is 25.9 Å². The van der Waals surface area contributed by atoms with Crippen molar-refractivity contribution in [3.63, 3.8) is 0 Å². The number of likely N-dealkylation sites (tertiary alicyclic amines) is 1. The molecule has 0 spiro atoms. The number of carbonyl (C=O) groups is 2. The maximum Gasteiger partial charge on any atom is 0.305 e. The summed E-state index contributed by atoms with van der Waals surface area (Å²) >= 11 is 0. The molecule has 7 nitrogen and oxygen atoms in total. The highest BCUT2D eigenvalue weighted by atomic mass is 19.1. The molecule has 0 saturated carbocycles. The van der Waals surface area contributed by atoms with E-state index in [0.29, 0.717) is 24.2 Å². The first-order valence-electron chi connectivity index (χ1n) is 8.26. The zero-order valence-corrected chi connectivity index (χ0v) is 14.6. The van der Waals surface area contributed by atoms with Crippen molar-refractivity contribution in [1.29, 1.82) is 0 Å². The fourth-order valence-electron chi connectivity index (χ4n) is 3.28. The zero-order chi connectivity index (χ0) is 18.8. The van der Waals surface area contributed by atoms with Crippen LogP contribution >= 0.6 is 0 Å². The number of aromatic nitrogens is 2. The van der Waals surface area contributed by atoms with Crippen molar-refractivity contribution in [3.05, 3.63) is 47.5 Å². The molecule has 1 aliphatic rings. The predicted octanol–water partition coefficient (Wildman–Crippen LogP) is 2.02. The van der Waals surface area contributed by atoms with Gasteiger partial charge in [0.15, 0.2) is 5.69 Å². The number of aryl methyl sites for hydroxylation is 1. The lowest BCUT2D eigenvalue weighted by Crippen LogP contribution is -2.37. The Hall–Kier alpha value is -2.74. The molecule has 1 saturated heterocycles. The molecule has 2 atom stereocenters. The lowest BCUT2D eigenvalue weighted by molar-refractivity contribution is -0.138. The number of carboxylic acid groups (broad SMARTS) is 1. The van der Waals surface area contributed by atoms with Crippen LogP contribution in [0.3, 0.4) is 0 Å². The van der Waals surface area contributed by atoms with Gasteiger partial charge in [0.1, 0.15) is 5.82 Å². The second-order valence-corrected chi connectivity index (χ2v) is 6.38. The molecule has 1 fully saturated rings. The maximum atomic E-state index is 13.3. The lowest BCUT2D eigenvalue weighted by Gasteiger charge is -2.22. The number of hydrogen-bond donors (Lipinski definition) is 1. The van der Waals surface area contributed by atoms with E-state index in [2.05, 4.69) is 5.10 Å². The zero-order valence-electron chi connectivity index (χ0n) is 14.6. The molecule has 2 heterocycles. The van der Waals surface area contributed by atoms with Crippen molar-refractivity contribution in [2.75, 3.05) is 13.7 Å². The number of benzene rings is 1. The number of nitrogens with zero attached hydrogens (tertiary/aromatic N) is 3. The van der Waals surface area contributed by atoms with Crippen LogP contribution in [0, 0.1) is 12.7 Å². The summed E-state index contributed by atoms with van der Waals surface area (Å²) in [5.41, 5.74) is 1.57. The third-order valence-corrected chi connectivity index (χ3v) is 4.59. The van der Waals surface area contributed by atoms with Gasteiger partial charge in [-0.15, -0.1) is 0 Å². The minimum atomic E-state index is -0.961. The summed E-state index contributed by atoms with van der Waals surface area (Å²) in [6.45, 7) is 2.09. The van der Waals surface area contributed by atoms with E-state index in [1.54, 1.807) is 32.4 Å². The number of carbonyl (C=O) groups excluding carboxylic acids is 1. The number of methoxy groups -OCH3 is 1. The average Bonchev–Trinajstić information content (AvgIpc) is 3.21. The van der Waals surface area contributed by atoms with Crippen LogP contribution in [0.25, 0.3) is 5.69 Å². The van der Waals surface area contributed by atoms with E-state index in [-0.39, 0.29) is 29.9 Å². The van der Waals surface area contributed by atoms with Gasteiger partial charge in [-0.25, -0.2) is 9.07 Å². The van der Waals surface area contributed by atoms with Crippen molar-refractivity contribution in [2.45, 2.75) is 31.9 Å². The van der Waals surface area contributed by atoms with E-state index in [1.807, 2.05) is 0 Å². The molecule has 1 aromatic heterocycles. The highest BCUT2D eigenvalue weighted by Gasteiger charge is 2.37. The number of aliphatic carboxylic acids is 1. The van der Waals surface area contributed by atoms with Crippen LogP contribution in [-0.2, 0) is 9.53 Å². The van der Waals surface area contributed by atoms with Crippen molar-refractivity contribution in [1.82, 2.24) is 14.7 Å². The molecule has 0 bridgehead atoms. The van der Waals surface area contributed by atoms with Gasteiger partial charge in [0.2, 0.25) is 0 Å². The summed E-state index contributed by atoms with van der Waals surface area (Å²) in [4.78, 5) is 25.4. The Kier molecular flexibility index (Phi) is 5.03. The maximum absolute atomic E-state index is 13.3. The van der Waals surface area contributed by atoms with Crippen LogP contribution in [-0.4, -0.2) is 57.5 Å². The monoisotopic (exact) mass is 361 g/mol. The van der Waals surface area contributed by atoms with Crippen LogP contribution in [0.2, 0.25) is 0 Å². The standard InChI is InChI=1S/C18H20FN3O4/c1-11-7-12(19)3-4-16(11)22-6-5-15(20-22)18(25)21-10-14(26-2)8-13(21)9-17(23)24/h3-7,13-14H,8-10H2,1-2H3,(H,23,24). The fraction of sp³-hybridized carbons (Fsp3) is 0.389. The SMILES string of the molecule is COC1CC(CC(=O)O)N(C(=O)c2ccn(-c3ccc(F)cc3C)n2)C1. The Morgan fingerprint density at radius 3 is 2.81 bits per heavy atom. The summed E-state index contributed by atoms with van der Waals surface area (Å²) in [5.74, 6) is -1.64. The van der Waals surface area contributed by atoms with Crippen molar-refractivity contribution >= 4 is 11.9 Å². The normalized spacial score (nSPS) is 19.7. The van der Waals surface area contributed by atoms with Crippen molar-refractivity contribution < 1.29 is 23.8 Å². The molecule has 2 aromatic rings. The molecule has 1 aromatic carbocycles. The molecule has 1 N–H and O–H groups in total. The Morgan fingerprint density at radius 1 is 1.38 bits per heavy atom. The molecule has 2 unspecified atom stereocenters. The van der Waals surface area contributed by atoms with Gasteiger partial charge in [0.05, 0.1) is 18.2 Å². The molecule has 1 amide bonds. The third kappa shape index (κ3) is 3.60. The van der Waals surface area contributed by atoms with Crippen LogP contribution < -0.4 is 0 Å². The van der Waals surface area contributed by atoms with E-state index in [1.165, 1.54) is 21.7 Å². The Morgan fingerprint density at radius 2 is 2.15 bits per heavy atom. The molecular weight excluding hydrogens is 341 g/mol. The first-order valence-corrected chi connectivity index (χ1v) is 8.26. The first-order chi connectivity index (χ1) is 12.4. The van der Waals surface area contributed by atoms with Crippen LogP contribution in [0.5, 0.6) is 0 Å². The summed E-state index contributed by atoms with van der Waals surface area (Å²) < 4.78 is 20.1. The van der Waals surface area contributed by atoms with Crippen LogP contribution in [0.1, 0.15) is 28.9 Å². The van der Waals surface area contributed by atoms with Gasteiger partial charge in [-0.2, -0.15) is 5.10 Å². The summed E-state index contributed by atoms with van der Waals surface area (Å²) in [7, 11) is 1.54. The number of hydrogen-bond acceptors (Lipinski definition) is 4. The summed E-state index contributed by atoms with van der Waals surface area (Å²) in [5, 5.41) is 13.4. The van der Waals surface area contributed by atoms with Gasteiger partial charge in [0.25, 0.3) is 5.91 Å². The van der Waals surface area contributed by atoms with Gasteiger partial charge in [-0.1, -0.05) is 0 Å². The molecular formula is C18H20FN3O4. The minimum Gasteiger partial charge on any atom is -0.481 e. The highest BCUT2D eigenvalue weighted by Crippen LogP contribution is 2.25. The number of carboxylic acids is 1. The van der Waals surface area contributed by atoms with Gasteiger partial charge < -0.3 is 14.7 Å². The van der Waals surface area contributed by atoms with Gasteiger partial charge in [-0.05, 0) is 43.2 Å². The van der Waals surface area contributed by atoms with Gasteiger partial charge >= 0.3 is 5.97 Å². The largest absolute Gasteiger partial charge is 0.481 e. The Labute approximate surface area is 150 Å². The second kappa shape index (κ2) is 7.25. The summed E-state index contributed by atoms with van der Waals surface area (Å²) in [6.07, 6.45) is 1.78. The van der Waals surface area contributed by atoms with E-state index in [0.717, 1.165) is 0 Å². The van der Waals surface area contributed by atoms with Crippen molar-refractivity contribution in [2.24, 2.45) is 0 Å². The molecule has 138 valence electrons. The lowest BCUT2D eigenvalue weighted by atomic mass is 10.1. The highest BCUT2D eigenvalue weighted by molar-refractivity contribution is 5.93. The van der Waals surface area contributed by atoms with Crippen LogP contribution in [0.15, 0.2) is 30.5 Å². The predicted molar refractivity (Wildman–Crippen MR) is 90.8 cm³/mol. The smallest absolute Gasteiger partial charge is 0.305 e. The number of amides is 1. The topological polar surface area (TPSA) is 84.7 Å². The Balaban J connectivity index is 1.83. The number of halogens is 1. The number of ether oxygens (including phenoxy) is 1. The Bertz CT molecular complexity index is 836. The molecule has 8 heteroatoms. The van der Waals surface area contributed by atoms with E-state index < -0.39 is 12.0 Å². The second-order valence-electron chi connectivity index (χ2n) is 6.38. The van der Waals surface area contributed by atoms with Crippen molar-refractivity contribution in [3.8, 4) is 5.69 Å². The van der Waals surface area contributed by atoms with Crippen LogP contribution in [0.4, 0.5) is 4.39 Å². The van der Waals surface area contributed by atoms with Gasteiger partial charge in [-0.3, -0.25) is 9.59 Å². The third-order valence-electron chi connectivity index (χ3n) is 4.59. The molecule has 0 aliphatic carbocycles. The average molecular weight is 361 g/mol.